The number of aromatic amines is 1. The average Bonchev–Trinajstić information content (AvgIpc) is 3.26. The zero-order chi connectivity index (χ0) is 21.5. The largest absolute Gasteiger partial charge is 0.376 e. The standard InChI is InChI=1S/C23H34N4O2S/c1-4-26(5-2)11-12-27(23(30)24-15-20-10-7-13-29-20)16-19-14-18-9-6-8-17(3)21(18)25-22(19)28/h6,8-9,14,20H,4-5,7,10-13,15-16H2,1-3H3,(H,24,30)(H,25,28)/t20-/m0/s1. The highest BCUT2D eigenvalue weighted by Crippen LogP contribution is 2.16. The number of likely N-dealkylation sites (N-methyl/N-ethyl adjacent to an activating group) is 1. The van der Waals surface area contributed by atoms with Crippen molar-refractivity contribution in [3.63, 3.8) is 0 Å². The molecule has 0 amide bonds. The molecular formula is C23H34N4O2S. The van der Waals surface area contributed by atoms with Crippen LogP contribution in [0.2, 0.25) is 0 Å². The highest BCUT2D eigenvalue weighted by molar-refractivity contribution is 7.80. The SMILES string of the molecule is CCN(CC)CCN(Cc1cc2cccc(C)c2[nH]c1=O)C(=S)NC[C@@H]1CCCO1. The summed E-state index contributed by atoms with van der Waals surface area (Å²) in [6.07, 6.45) is 2.40. The molecule has 2 N–H and O–H groups in total. The van der Waals surface area contributed by atoms with Gasteiger partial charge in [-0.2, -0.15) is 0 Å². The molecule has 0 unspecified atom stereocenters. The topological polar surface area (TPSA) is 60.6 Å². The van der Waals surface area contributed by atoms with Gasteiger partial charge in [-0.15, -0.1) is 0 Å². The molecule has 1 aliphatic heterocycles. The molecule has 30 heavy (non-hydrogen) atoms. The van der Waals surface area contributed by atoms with Gasteiger partial charge in [0.1, 0.15) is 0 Å². The van der Waals surface area contributed by atoms with Crippen LogP contribution in [0.5, 0.6) is 0 Å². The van der Waals surface area contributed by atoms with Crippen molar-refractivity contribution in [3.05, 3.63) is 45.7 Å². The summed E-state index contributed by atoms with van der Waals surface area (Å²) in [5.74, 6) is 0. The average molecular weight is 431 g/mol. The number of pyridine rings is 1. The first-order valence-electron chi connectivity index (χ1n) is 11.0. The Morgan fingerprint density at radius 3 is 2.80 bits per heavy atom. The summed E-state index contributed by atoms with van der Waals surface area (Å²) in [5, 5.41) is 5.10. The summed E-state index contributed by atoms with van der Waals surface area (Å²) < 4.78 is 5.71. The zero-order valence-corrected chi connectivity index (χ0v) is 19.2. The fraction of sp³-hybridized carbons (Fsp3) is 0.565. The maximum atomic E-state index is 12.8. The van der Waals surface area contributed by atoms with Crippen LogP contribution >= 0.6 is 12.2 Å². The number of H-pyrrole nitrogens is 1. The van der Waals surface area contributed by atoms with Gasteiger partial charge in [0, 0.05) is 31.8 Å². The highest BCUT2D eigenvalue weighted by atomic mass is 32.1. The van der Waals surface area contributed by atoms with Crippen LogP contribution < -0.4 is 10.9 Å². The number of thiocarbonyl (C=S) groups is 1. The number of benzene rings is 1. The first kappa shape index (κ1) is 22.7. The Labute approximate surface area is 184 Å². The van der Waals surface area contributed by atoms with Gasteiger partial charge in [0.05, 0.1) is 18.2 Å². The lowest BCUT2D eigenvalue weighted by Crippen LogP contribution is -2.46. The molecule has 164 valence electrons. The maximum Gasteiger partial charge on any atom is 0.253 e. The molecule has 0 aliphatic carbocycles. The summed E-state index contributed by atoms with van der Waals surface area (Å²) in [5.41, 5.74) is 2.66. The molecule has 6 nitrogen and oxygen atoms in total. The zero-order valence-electron chi connectivity index (χ0n) is 18.4. The molecular weight excluding hydrogens is 396 g/mol. The van der Waals surface area contributed by atoms with Crippen molar-refractivity contribution in [1.82, 2.24) is 20.1 Å². The third-order valence-electron chi connectivity index (χ3n) is 5.90. The lowest BCUT2D eigenvalue weighted by molar-refractivity contribution is 0.113. The molecule has 0 saturated carbocycles. The summed E-state index contributed by atoms with van der Waals surface area (Å²) in [4.78, 5) is 20.3. The molecule has 7 heteroatoms. The molecule has 1 fully saturated rings. The van der Waals surface area contributed by atoms with Gasteiger partial charge < -0.3 is 24.8 Å². The molecule has 1 aromatic carbocycles. The molecule has 2 aromatic rings. The minimum atomic E-state index is -0.0495. The van der Waals surface area contributed by atoms with Gasteiger partial charge in [-0.25, -0.2) is 0 Å². The van der Waals surface area contributed by atoms with Gasteiger partial charge in [-0.3, -0.25) is 4.79 Å². The van der Waals surface area contributed by atoms with E-state index in [9.17, 15) is 4.79 Å². The van der Waals surface area contributed by atoms with Crippen molar-refractivity contribution in [3.8, 4) is 0 Å². The van der Waals surface area contributed by atoms with Gasteiger partial charge in [-0.1, -0.05) is 32.0 Å². The van der Waals surface area contributed by atoms with Crippen LogP contribution in [0.1, 0.15) is 37.8 Å². The number of aryl methyl sites for hydroxylation is 1. The predicted octanol–water partition coefficient (Wildman–Crippen LogP) is 3.03. The molecule has 0 radical (unpaired) electrons. The van der Waals surface area contributed by atoms with Gasteiger partial charge >= 0.3 is 0 Å². The number of hydrogen-bond acceptors (Lipinski definition) is 4. The van der Waals surface area contributed by atoms with Crippen LogP contribution in [0, 0.1) is 6.92 Å². The predicted molar refractivity (Wildman–Crippen MR) is 127 cm³/mol. The van der Waals surface area contributed by atoms with Gasteiger partial charge in [-0.05, 0) is 62.1 Å². The van der Waals surface area contributed by atoms with E-state index in [1.165, 1.54) is 0 Å². The van der Waals surface area contributed by atoms with Crippen molar-refractivity contribution in [1.29, 1.82) is 0 Å². The number of nitrogens with zero attached hydrogens (tertiary/aromatic N) is 2. The molecule has 1 aliphatic rings. The van der Waals surface area contributed by atoms with Crippen molar-refractivity contribution in [2.75, 3.05) is 39.3 Å². The lowest BCUT2D eigenvalue weighted by atomic mass is 10.1. The third-order valence-corrected chi connectivity index (χ3v) is 6.30. The van der Waals surface area contributed by atoms with E-state index in [0.29, 0.717) is 18.2 Å². The number of nitrogens with one attached hydrogen (secondary N) is 2. The molecule has 1 atom stereocenters. The second kappa shape index (κ2) is 10.9. The molecule has 1 aromatic heterocycles. The fourth-order valence-corrected chi connectivity index (χ4v) is 4.16. The molecule has 0 spiro atoms. The Morgan fingerprint density at radius 2 is 2.10 bits per heavy atom. The van der Waals surface area contributed by atoms with E-state index in [1.54, 1.807) is 0 Å². The minimum absolute atomic E-state index is 0.0495. The van der Waals surface area contributed by atoms with Crippen LogP contribution in [-0.4, -0.2) is 65.3 Å². The maximum absolute atomic E-state index is 12.8. The second-order valence-electron chi connectivity index (χ2n) is 7.93. The first-order valence-corrected chi connectivity index (χ1v) is 11.4. The lowest BCUT2D eigenvalue weighted by Gasteiger charge is -2.29. The third kappa shape index (κ3) is 5.80. The highest BCUT2D eigenvalue weighted by Gasteiger charge is 2.18. The van der Waals surface area contributed by atoms with Crippen molar-refractivity contribution in [2.45, 2.75) is 46.3 Å². The Morgan fingerprint density at radius 1 is 1.30 bits per heavy atom. The van der Waals surface area contributed by atoms with Gasteiger partial charge in [0.2, 0.25) is 0 Å². The summed E-state index contributed by atoms with van der Waals surface area (Å²) in [6, 6.07) is 8.06. The van der Waals surface area contributed by atoms with Crippen LogP contribution in [-0.2, 0) is 11.3 Å². The number of ether oxygens (including phenoxy) is 1. The minimum Gasteiger partial charge on any atom is -0.376 e. The van der Waals surface area contributed by atoms with Crippen molar-refractivity contribution in [2.24, 2.45) is 0 Å². The van der Waals surface area contributed by atoms with Gasteiger partial charge in [0.25, 0.3) is 5.56 Å². The monoisotopic (exact) mass is 430 g/mol. The van der Waals surface area contributed by atoms with E-state index in [1.807, 2.05) is 31.2 Å². The van der Waals surface area contributed by atoms with Crippen molar-refractivity contribution >= 4 is 28.2 Å². The summed E-state index contributed by atoms with van der Waals surface area (Å²) in [7, 11) is 0. The number of aromatic nitrogens is 1. The quantitative estimate of drug-likeness (QED) is 0.597. The van der Waals surface area contributed by atoms with E-state index in [-0.39, 0.29) is 11.7 Å². The normalized spacial score (nSPS) is 16.3. The van der Waals surface area contributed by atoms with E-state index < -0.39 is 0 Å². The molecule has 3 rings (SSSR count). The van der Waals surface area contributed by atoms with Gasteiger partial charge in [0.15, 0.2) is 5.11 Å². The Hall–Kier alpha value is -1.96. The smallest absolute Gasteiger partial charge is 0.253 e. The van der Waals surface area contributed by atoms with E-state index in [0.717, 1.165) is 67.7 Å². The molecule has 1 saturated heterocycles. The van der Waals surface area contributed by atoms with E-state index >= 15 is 0 Å². The van der Waals surface area contributed by atoms with E-state index in [4.69, 9.17) is 17.0 Å². The molecule has 2 heterocycles. The van der Waals surface area contributed by atoms with Crippen LogP contribution in [0.4, 0.5) is 0 Å². The van der Waals surface area contributed by atoms with Crippen molar-refractivity contribution < 1.29 is 4.74 Å². The Balaban J connectivity index is 1.76. The number of hydrogen-bond donors (Lipinski definition) is 2. The summed E-state index contributed by atoms with van der Waals surface area (Å²) in [6.45, 7) is 12.0. The van der Waals surface area contributed by atoms with E-state index in [2.05, 4.69) is 33.9 Å². The fourth-order valence-electron chi connectivity index (χ4n) is 3.92. The Bertz CT molecular complexity index is 904. The Kier molecular flexibility index (Phi) is 8.24. The first-order chi connectivity index (χ1) is 14.5. The number of fused-ring (bicyclic) bond motifs is 1. The summed E-state index contributed by atoms with van der Waals surface area (Å²) >= 11 is 5.72. The number of para-hydroxylation sites is 1. The van der Waals surface area contributed by atoms with Crippen LogP contribution in [0.25, 0.3) is 10.9 Å². The molecule has 0 bridgehead atoms. The van der Waals surface area contributed by atoms with Crippen LogP contribution in [0.15, 0.2) is 29.1 Å². The second-order valence-corrected chi connectivity index (χ2v) is 8.32. The van der Waals surface area contributed by atoms with Crippen LogP contribution in [0.3, 0.4) is 0 Å². The number of rotatable bonds is 9.